The quantitative estimate of drug-likeness (QED) is 0.916. The fourth-order valence-electron chi connectivity index (χ4n) is 2.47. The Bertz CT molecular complexity index is 471. The zero-order valence-corrected chi connectivity index (χ0v) is 13.6. The maximum absolute atomic E-state index is 12.2. The number of benzene rings is 1. The van der Waals surface area contributed by atoms with Crippen LogP contribution in [0.4, 0.5) is 0 Å². The van der Waals surface area contributed by atoms with Gasteiger partial charge >= 0.3 is 0 Å². The molecule has 2 rings (SSSR count). The second-order valence-electron chi connectivity index (χ2n) is 5.03. The molecule has 0 unspecified atom stereocenters. The summed E-state index contributed by atoms with van der Waals surface area (Å²) in [5.41, 5.74) is 0.663. The van der Waals surface area contributed by atoms with Crippen LogP contribution in [0.25, 0.3) is 0 Å². The maximum Gasteiger partial charge on any atom is 0.251 e. The van der Waals surface area contributed by atoms with Crippen LogP contribution in [0.15, 0.2) is 22.7 Å². The van der Waals surface area contributed by atoms with Crippen molar-refractivity contribution >= 4 is 21.8 Å². The Morgan fingerprint density at radius 3 is 2.70 bits per heavy atom. The molecule has 0 atom stereocenters. The molecule has 1 aliphatic heterocycles. The summed E-state index contributed by atoms with van der Waals surface area (Å²) >= 11 is 3.41. The topological polar surface area (TPSA) is 41.6 Å². The molecular formula is C15H21BrN2O2. The van der Waals surface area contributed by atoms with Gasteiger partial charge in [0.05, 0.1) is 11.6 Å². The number of nitrogens with one attached hydrogen (secondary N) is 1. The lowest BCUT2D eigenvalue weighted by molar-refractivity contribution is 0.0912. The van der Waals surface area contributed by atoms with Crippen molar-refractivity contribution in [3.05, 3.63) is 28.2 Å². The van der Waals surface area contributed by atoms with Crippen LogP contribution in [0.1, 0.15) is 30.1 Å². The smallest absolute Gasteiger partial charge is 0.251 e. The molecule has 1 N–H and O–H groups in total. The average molecular weight is 341 g/mol. The van der Waals surface area contributed by atoms with Gasteiger partial charge in [-0.2, -0.15) is 0 Å². The van der Waals surface area contributed by atoms with Crippen LogP contribution in [0.3, 0.4) is 0 Å². The molecule has 5 heteroatoms. The van der Waals surface area contributed by atoms with Crippen molar-refractivity contribution in [3.63, 3.8) is 0 Å². The molecule has 0 radical (unpaired) electrons. The molecule has 4 nitrogen and oxygen atoms in total. The molecule has 0 saturated carbocycles. The third-order valence-electron chi connectivity index (χ3n) is 3.78. The van der Waals surface area contributed by atoms with Gasteiger partial charge in [0.1, 0.15) is 5.75 Å². The zero-order valence-electron chi connectivity index (χ0n) is 12.0. The molecule has 1 aromatic rings. The van der Waals surface area contributed by atoms with Crippen LogP contribution < -0.4 is 10.1 Å². The molecule has 1 aliphatic rings. The molecule has 1 heterocycles. The third-order valence-corrected chi connectivity index (χ3v) is 4.40. The van der Waals surface area contributed by atoms with Crippen molar-refractivity contribution in [3.8, 4) is 5.75 Å². The van der Waals surface area contributed by atoms with Crippen molar-refractivity contribution in [2.75, 3.05) is 26.7 Å². The van der Waals surface area contributed by atoms with E-state index in [2.05, 4.69) is 33.1 Å². The van der Waals surface area contributed by atoms with Crippen LogP contribution in [-0.2, 0) is 0 Å². The number of hydrogen-bond acceptors (Lipinski definition) is 3. The number of rotatable bonds is 4. The van der Waals surface area contributed by atoms with Crippen LogP contribution in [0, 0.1) is 0 Å². The van der Waals surface area contributed by atoms with Crippen LogP contribution in [0.2, 0.25) is 0 Å². The second kappa shape index (κ2) is 7.09. The Labute approximate surface area is 128 Å². The molecule has 0 aliphatic carbocycles. The number of halogens is 1. The first-order valence-corrected chi connectivity index (χ1v) is 7.80. The summed E-state index contributed by atoms with van der Waals surface area (Å²) in [7, 11) is 1.61. The van der Waals surface area contributed by atoms with E-state index in [0.29, 0.717) is 5.56 Å². The Balaban J connectivity index is 1.93. The largest absolute Gasteiger partial charge is 0.496 e. The van der Waals surface area contributed by atoms with E-state index in [0.717, 1.165) is 42.7 Å². The molecule has 20 heavy (non-hydrogen) atoms. The second-order valence-corrected chi connectivity index (χ2v) is 5.89. The van der Waals surface area contributed by atoms with Gasteiger partial charge in [0.15, 0.2) is 0 Å². The summed E-state index contributed by atoms with van der Waals surface area (Å²) in [6, 6.07) is 5.68. The molecule has 110 valence electrons. The van der Waals surface area contributed by atoms with Crippen molar-refractivity contribution < 1.29 is 9.53 Å². The number of methoxy groups -OCH3 is 1. The Morgan fingerprint density at radius 2 is 2.15 bits per heavy atom. The van der Waals surface area contributed by atoms with Crippen LogP contribution >= 0.6 is 15.9 Å². The average Bonchev–Trinajstić information content (AvgIpc) is 2.48. The molecule has 0 bridgehead atoms. The number of nitrogens with zero attached hydrogens (tertiary/aromatic N) is 1. The summed E-state index contributed by atoms with van der Waals surface area (Å²) in [5, 5.41) is 3.12. The molecule has 0 spiro atoms. The Hall–Kier alpha value is -1.07. The maximum atomic E-state index is 12.2. The molecule has 1 amide bonds. The number of ether oxygens (including phenoxy) is 1. The predicted octanol–water partition coefficient (Wildman–Crippen LogP) is 2.67. The summed E-state index contributed by atoms with van der Waals surface area (Å²) in [5.74, 6) is 0.723. The molecule has 0 aromatic heterocycles. The van der Waals surface area contributed by atoms with Crippen LogP contribution in [-0.4, -0.2) is 43.6 Å². The fraction of sp³-hybridized carbons (Fsp3) is 0.533. The molecular weight excluding hydrogens is 320 g/mol. The first-order valence-electron chi connectivity index (χ1n) is 7.00. The number of amides is 1. The number of piperidine rings is 1. The highest BCUT2D eigenvalue weighted by molar-refractivity contribution is 9.10. The highest BCUT2D eigenvalue weighted by Gasteiger charge is 2.20. The summed E-state index contributed by atoms with van der Waals surface area (Å²) in [6.45, 7) is 5.39. The van der Waals surface area contributed by atoms with Gasteiger partial charge in [0.25, 0.3) is 5.91 Å². The van der Waals surface area contributed by atoms with Crippen molar-refractivity contribution in [1.29, 1.82) is 0 Å². The summed E-state index contributed by atoms with van der Waals surface area (Å²) < 4.78 is 5.97. The number of carbonyl (C=O) groups excluding carboxylic acids is 1. The first-order chi connectivity index (χ1) is 9.63. The number of hydrogen-bond donors (Lipinski definition) is 1. The summed E-state index contributed by atoms with van der Waals surface area (Å²) in [4.78, 5) is 14.6. The van der Waals surface area contributed by atoms with Gasteiger partial charge in [-0.05, 0) is 53.5 Å². The summed E-state index contributed by atoms with van der Waals surface area (Å²) in [6.07, 6.45) is 2.05. The zero-order chi connectivity index (χ0) is 14.5. The van der Waals surface area contributed by atoms with E-state index in [1.165, 1.54) is 0 Å². The van der Waals surface area contributed by atoms with Crippen LogP contribution in [0.5, 0.6) is 5.75 Å². The first kappa shape index (κ1) is 15.3. The van der Waals surface area contributed by atoms with Crippen molar-refractivity contribution in [2.45, 2.75) is 25.8 Å². The van der Waals surface area contributed by atoms with E-state index in [1.807, 2.05) is 0 Å². The van der Waals surface area contributed by atoms with E-state index in [-0.39, 0.29) is 11.9 Å². The molecule has 1 saturated heterocycles. The normalized spacial score (nSPS) is 16.9. The number of likely N-dealkylation sites (tertiary alicyclic amines) is 1. The van der Waals surface area contributed by atoms with Gasteiger partial charge in [-0.15, -0.1) is 0 Å². The minimum Gasteiger partial charge on any atom is -0.496 e. The third kappa shape index (κ3) is 3.73. The highest BCUT2D eigenvalue weighted by atomic mass is 79.9. The standard InChI is InChI=1S/C15H21BrN2O2/c1-3-18-8-6-12(7-9-18)17-15(19)11-4-5-14(20-2)13(16)10-11/h4-5,10,12H,3,6-9H2,1-2H3,(H,17,19). The Kier molecular flexibility index (Phi) is 5.43. The van der Waals surface area contributed by atoms with E-state index < -0.39 is 0 Å². The number of carbonyl (C=O) groups is 1. The van der Waals surface area contributed by atoms with Gasteiger partial charge in [-0.3, -0.25) is 4.79 Å². The van der Waals surface area contributed by atoms with Gasteiger partial charge in [-0.25, -0.2) is 0 Å². The molecule has 1 aromatic carbocycles. The van der Waals surface area contributed by atoms with Gasteiger partial charge in [-0.1, -0.05) is 6.92 Å². The monoisotopic (exact) mass is 340 g/mol. The van der Waals surface area contributed by atoms with Gasteiger partial charge < -0.3 is 15.0 Å². The molecule has 1 fully saturated rings. The van der Waals surface area contributed by atoms with E-state index in [1.54, 1.807) is 25.3 Å². The SMILES string of the molecule is CCN1CCC(NC(=O)c2ccc(OC)c(Br)c2)CC1. The minimum atomic E-state index is -0.0108. The predicted molar refractivity (Wildman–Crippen MR) is 83.3 cm³/mol. The lowest BCUT2D eigenvalue weighted by atomic mass is 10.0. The van der Waals surface area contributed by atoms with Gasteiger partial charge in [0.2, 0.25) is 0 Å². The fourth-order valence-corrected chi connectivity index (χ4v) is 3.01. The minimum absolute atomic E-state index is 0.0108. The Morgan fingerprint density at radius 1 is 1.45 bits per heavy atom. The van der Waals surface area contributed by atoms with Gasteiger partial charge in [0, 0.05) is 24.7 Å². The van der Waals surface area contributed by atoms with E-state index >= 15 is 0 Å². The van der Waals surface area contributed by atoms with E-state index in [4.69, 9.17) is 4.74 Å². The van der Waals surface area contributed by atoms with E-state index in [9.17, 15) is 4.79 Å². The van der Waals surface area contributed by atoms with Crippen molar-refractivity contribution in [2.24, 2.45) is 0 Å². The lowest BCUT2D eigenvalue weighted by Gasteiger charge is -2.31. The lowest BCUT2D eigenvalue weighted by Crippen LogP contribution is -2.44. The highest BCUT2D eigenvalue weighted by Crippen LogP contribution is 2.25. The van der Waals surface area contributed by atoms with Crippen molar-refractivity contribution in [1.82, 2.24) is 10.2 Å².